The molecule has 2 aromatic rings. The normalized spacial score (nSPS) is 13.3. The zero-order chi connectivity index (χ0) is 10.6. The van der Waals surface area contributed by atoms with Gasteiger partial charge in [0.15, 0.2) is 0 Å². The van der Waals surface area contributed by atoms with E-state index < -0.39 is 0 Å². The Hall–Kier alpha value is -1.62. The number of hydrogen-bond donors (Lipinski definition) is 3. The maximum atomic E-state index is 3.67. The highest BCUT2D eigenvalue weighted by Crippen LogP contribution is 1.90. The summed E-state index contributed by atoms with van der Waals surface area (Å²) < 4.78 is 0. The molecule has 5 nitrogen and oxygen atoms in total. The highest BCUT2D eigenvalue weighted by atomic mass is 15.1. The van der Waals surface area contributed by atoms with Gasteiger partial charge in [0.25, 0.3) is 0 Å². The molecule has 0 aliphatic carbocycles. The molecule has 1 fully saturated rings. The first-order chi connectivity index (χ1) is 7.50. The van der Waals surface area contributed by atoms with E-state index in [1.54, 1.807) is 31.1 Å². The van der Waals surface area contributed by atoms with E-state index in [1.807, 2.05) is 6.07 Å². The van der Waals surface area contributed by atoms with Crippen LogP contribution < -0.4 is 5.32 Å². The van der Waals surface area contributed by atoms with Crippen molar-refractivity contribution in [3.05, 3.63) is 37.2 Å². The van der Waals surface area contributed by atoms with Crippen molar-refractivity contribution < 1.29 is 0 Å². The van der Waals surface area contributed by atoms with Gasteiger partial charge in [0, 0.05) is 24.8 Å². The van der Waals surface area contributed by atoms with Crippen LogP contribution >= 0.6 is 0 Å². The van der Waals surface area contributed by atoms with E-state index in [0.29, 0.717) is 0 Å². The second-order valence-electron chi connectivity index (χ2n) is 2.98. The molecule has 5 heteroatoms. The van der Waals surface area contributed by atoms with Crippen molar-refractivity contribution in [3.63, 3.8) is 0 Å². The standard InChI is InChI=1S/C4H9N.2C3H4N2/c1-2-4-5-3-1;1-2-5-3-4-1;1-2-4-5-3-1/h5H,1-4H2;2*1-3H,(H,4,5). The number of H-pyrrole nitrogens is 2. The summed E-state index contributed by atoms with van der Waals surface area (Å²) >= 11 is 0. The summed E-state index contributed by atoms with van der Waals surface area (Å²) in [6.07, 6.45) is 11.3. The van der Waals surface area contributed by atoms with Crippen molar-refractivity contribution in [1.29, 1.82) is 0 Å². The van der Waals surface area contributed by atoms with E-state index in [0.717, 1.165) is 0 Å². The average molecular weight is 207 g/mol. The molecule has 0 atom stereocenters. The van der Waals surface area contributed by atoms with Crippen molar-refractivity contribution in [1.82, 2.24) is 25.5 Å². The monoisotopic (exact) mass is 207 g/mol. The number of hydrogen-bond acceptors (Lipinski definition) is 3. The molecule has 0 saturated carbocycles. The van der Waals surface area contributed by atoms with Crippen LogP contribution in [0.5, 0.6) is 0 Å². The summed E-state index contributed by atoms with van der Waals surface area (Å²) in [6, 6.07) is 1.83. The molecule has 0 aromatic carbocycles. The Kier molecular flexibility index (Phi) is 6.84. The van der Waals surface area contributed by atoms with E-state index in [1.165, 1.54) is 25.9 Å². The third-order valence-electron chi connectivity index (χ3n) is 1.77. The van der Waals surface area contributed by atoms with Crippen molar-refractivity contribution >= 4 is 0 Å². The van der Waals surface area contributed by atoms with Crippen molar-refractivity contribution in [2.75, 3.05) is 13.1 Å². The third kappa shape index (κ3) is 7.45. The fourth-order valence-corrected chi connectivity index (χ4v) is 1.06. The van der Waals surface area contributed by atoms with Crippen LogP contribution in [0.3, 0.4) is 0 Å². The Bertz CT molecular complexity index is 204. The summed E-state index contributed by atoms with van der Waals surface area (Å²) in [6.45, 7) is 2.50. The van der Waals surface area contributed by atoms with Gasteiger partial charge in [-0.3, -0.25) is 5.10 Å². The van der Waals surface area contributed by atoms with Gasteiger partial charge in [-0.15, -0.1) is 0 Å². The van der Waals surface area contributed by atoms with Gasteiger partial charge in [0.2, 0.25) is 0 Å². The van der Waals surface area contributed by atoms with Gasteiger partial charge >= 0.3 is 0 Å². The molecule has 82 valence electrons. The van der Waals surface area contributed by atoms with Crippen LogP contribution in [0.2, 0.25) is 0 Å². The number of aromatic nitrogens is 4. The molecule has 3 heterocycles. The number of imidazole rings is 1. The van der Waals surface area contributed by atoms with Crippen LogP contribution in [0, 0.1) is 0 Å². The number of nitrogens with zero attached hydrogens (tertiary/aromatic N) is 2. The van der Waals surface area contributed by atoms with E-state index in [-0.39, 0.29) is 0 Å². The minimum absolute atomic E-state index is 1.25. The molecule has 0 radical (unpaired) electrons. The van der Waals surface area contributed by atoms with Crippen molar-refractivity contribution in [3.8, 4) is 0 Å². The largest absolute Gasteiger partial charge is 0.351 e. The van der Waals surface area contributed by atoms with Gasteiger partial charge in [-0.1, -0.05) is 0 Å². The first-order valence-corrected chi connectivity index (χ1v) is 5.07. The summed E-state index contributed by atoms with van der Waals surface area (Å²) in [5, 5.41) is 9.43. The predicted octanol–water partition coefficient (Wildman–Crippen LogP) is 1.19. The lowest BCUT2D eigenvalue weighted by Gasteiger charge is -1.76. The van der Waals surface area contributed by atoms with E-state index >= 15 is 0 Å². The second kappa shape index (κ2) is 8.96. The minimum atomic E-state index is 1.25. The minimum Gasteiger partial charge on any atom is -0.351 e. The van der Waals surface area contributed by atoms with Gasteiger partial charge in [-0.05, 0) is 32.0 Å². The lowest BCUT2D eigenvalue weighted by Crippen LogP contribution is -2.03. The number of aromatic amines is 2. The van der Waals surface area contributed by atoms with Crippen LogP contribution in [0.4, 0.5) is 0 Å². The number of nitrogens with one attached hydrogen (secondary N) is 3. The molecule has 0 spiro atoms. The molecule has 0 amide bonds. The Balaban J connectivity index is 0.000000112. The summed E-state index contributed by atoms with van der Waals surface area (Å²) in [7, 11) is 0. The average Bonchev–Trinajstić information content (AvgIpc) is 3.09. The van der Waals surface area contributed by atoms with Crippen LogP contribution in [0.15, 0.2) is 37.2 Å². The molecule has 15 heavy (non-hydrogen) atoms. The Labute approximate surface area is 89.3 Å². The summed E-state index contributed by atoms with van der Waals surface area (Å²) in [4.78, 5) is 6.42. The first kappa shape index (κ1) is 11.5. The van der Waals surface area contributed by atoms with Gasteiger partial charge in [-0.25, -0.2) is 4.98 Å². The molecular weight excluding hydrogens is 190 g/mol. The van der Waals surface area contributed by atoms with E-state index in [2.05, 4.69) is 25.5 Å². The topological polar surface area (TPSA) is 69.4 Å². The van der Waals surface area contributed by atoms with Crippen molar-refractivity contribution in [2.24, 2.45) is 0 Å². The van der Waals surface area contributed by atoms with Crippen LogP contribution in [-0.2, 0) is 0 Å². The Morgan fingerprint density at radius 3 is 2.07 bits per heavy atom. The molecule has 0 bridgehead atoms. The highest BCUT2D eigenvalue weighted by molar-refractivity contribution is 4.72. The lowest BCUT2D eigenvalue weighted by molar-refractivity contribution is 0.857. The maximum Gasteiger partial charge on any atom is 0.0919 e. The zero-order valence-electron chi connectivity index (χ0n) is 8.69. The number of rotatable bonds is 0. The van der Waals surface area contributed by atoms with E-state index in [9.17, 15) is 0 Å². The molecule has 3 N–H and O–H groups in total. The Morgan fingerprint density at radius 2 is 1.87 bits per heavy atom. The van der Waals surface area contributed by atoms with Gasteiger partial charge in [-0.2, -0.15) is 5.10 Å². The fourth-order valence-electron chi connectivity index (χ4n) is 1.06. The first-order valence-electron chi connectivity index (χ1n) is 5.07. The molecule has 0 unspecified atom stereocenters. The van der Waals surface area contributed by atoms with Crippen LogP contribution in [0.25, 0.3) is 0 Å². The van der Waals surface area contributed by atoms with Gasteiger partial charge < -0.3 is 10.3 Å². The second-order valence-corrected chi connectivity index (χ2v) is 2.98. The third-order valence-corrected chi connectivity index (χ3v) is 1.77. The summed E-state index contributed by atoms with van der Waals surface area (Å²) in [5.41, 5.74) is 0. The molecule has 2 aromatic heterocycles. The van der Waals surface area contributed by atoms with E-state index in [4.69, 9.17) is 0 Å². The lowest BCUT2D eigenvalue weighted by atomic mass is 10.4. The predicted molar refractivity (Wildman–Crippen MR) is 59.3 cm³/mol. The molecule has 1 aliphatic rings. The van der Waals surface area contributed by atoms with Crippen LogP contribution in [0.1, 0.15) is 12.8 Å². The molecule has 1 saturated heterocycles. The van der Waals surface area contributed by atoms with Gasteiger partial charge in [0.1, 0.15) is 0 Å². The molecular formula is C10H17N5. The quantitative estimate of drug-likeness (QED) is 0.607. The Morgan fingerprint density at radius 1 is 1.00 bits per heavy atom. The smallest absolute Gasteiger partial charge is 0.0919 e. The maximum absolute atomic E-state index is 3.67. The van der Waals surface area contributed by atoms with Crippen molar-refractivity contribution in [2.45, 2.75) is 12.8 Å². The molecule has 3 rings (SSSR count). The highest BCUT2D eigenvalue weighted by Gasteiger charge is 1.93. The summed E-state index contributed by atoms with van der Waals surface area (Å²) in [5.74, 6) is 0. The molecule has 1 aliphatic heterocycles. The SMILES string of the molecule is C1CCNC1.c1c[nH]cn1.c1cn[nH]c1. The fraction of sp³-hybridized carbons (Fsp3) is 0.400. The zero-order valence-corrected chi connectivity index (χ0v) is 8.69. The van der Waals surface area contributed by atoms with Crippen LogP contribution in [-0.4, -0.2) is 33.3 Å². The van der Waals surface area contributed by atoms with Gasteiger partial charge in [0.05, 0.1) is 6.33 Å².